The van der Waals surface area contributed by atoms with Gasteiger partial charge in [0.15, 0.2) is 5.75 Å². The molecule has 2 N–H and O–H groups in total. The number of aromatic nitrogens is 2. The molecule has 6 heteroatoms. The molecule has 0 bridgehead atoms. The Kier molecular flexibility index (Phi) is 3.99. The molecule has 0 atom stereocenters. The van der Waals surface area contributed by atoms with Gasteiger partial charge in [0, 0.05) is 24.6 Å². The highest BCUT2D eigenvalue weighted by atomic mass is 35.5. The van der Waals surface area contributed by atoms with Crippen LogP contribution in [0.5, 0.6) is 5.75 Å². The summed E-state index contributed by atoms with van der Waals surface area (Å²) in [6, 6.07) is 3.25. The average molecular weight is 286 g/mol. The van der Waals surface area contributed by atoms with Crippen molar-refractivity contribution in [2.45, 2.75) is 20.0 Å². The smallest absolute Gasteiger partial charge is 0.152 e. The van der Waals surface area contributed by atoms with Crippen LogP contribution in [0.25, 0.3) is 0 Å². The number of phenols is 1. The molecule has 0 saturated carbocycles. The van der Waals surface area contributed by atoms with E-state index in [-0.39, 0.29) is 15.8 Å². The summed E-state index contributed by atoms with van der Waals surface area (Å²) >= 11 is 11.7. The van der Waals surface area contributed by atoms with E-state index in [0.717, 1.165) is 18.1 Å². The molecule has 2 aromatic rings. The Morgan fingerprint density at radius 3 is 2.61 bits per heavy atom. The van der Waals surface area contributed by atoms with Crippen LogP contribution in [0.4, 0.5) is 5.69 Å². The Morgan fingerprint density at radius 2 is 2.00 bits per heavy atom. The SMILES string of the molecule is CCn1ccnc1CNc1cc(Cl)c(O)c(Cl)c1. The van der Waals surface area contributed by atoms with E-state index in [2.05, 4.69) is 17.2 Å². The third kappa shape index (κ3) is 2.71. The lowest BCUT2D eigenvalue weighted by molar-refractivity contribution is 0.476. The number of aryl methyl sites for hydroxylation is 1. The van der Waals surface area contributed by atoms with E-state index in [1.165, 1.54) is 0 Å². The molecule has 0 radical (unpaired) electrons. The number of anilines is 1. The predicted molar refractivity (Wildman–Crippen MR) is 73.4 cm³/mol. The maximum atomic E-state index is 9.46. The van der Waals surface area contributed by atoms with E-state index < -0.39 is 0 Å². The highest BCUT2D eigenvalue weighted by Crippen LogP contribution is 2.34. The number of nitrogens with one attached hydrogen (secondary N) is 1. The fourth-order valence-corrected chi connectivity index (χ4v) is 2.13. The van der Waals surface area contributed by atoms with Crippen molar-refractivity contribution in [3.63, 3.8) is 0 Å². The molecule has 0 saturated heterocycles. The zero-order valence-corrected chi connectivity index (χ0v) is 11.3. The molecule has 0 unspecified atom stereocenters. The van der Waals surface area contributed by atoms with Gasteiger partial charge >= 0.3 is 0 Å². The van der Waals surface area contributed by atoms with Gasteiger partial charge in [0.1, 0.15) is 5.82 Å². The number of rotatable bonds is 4. The molecule has 96 valence electrons. The first-order valence-electron chi connectivity index (χ1n) is 5.53. The normalized spacial score (nSPS) is 10.6. The molecule has 0 aliphatic rings. The van der Waals surface area contributed by atoms with Crippen molar-refractivity contribution in [2.24, 2.45) is 0 Å². The molecular formula is C12H13Cl2N3O. The summed E-state index contributed by atoms with van der Waals surface area (Å²) < 4.78 is 2.04. The molecule has 0 aliphatic carbocycles. The van der Waals surface area contributed by atoms with Gasteiger partial charge in [-0.2, -0.15) is 0 Å². The lowest BCUT2D eigenvalue weighted by atomic mass is 10.3. The van der Waals surface area contributed by atoms with Crippen molar-refractivity contribution in [2.75, 3.05) is 5.32 Å². The topological polar surface area (TPSA) is 50.1 Å². The van der Waals surface area contributed by atoms with Crippen LogP contribution in [0, 0.1) is 0 Å². The second-order valence-electron chi connectivity index (χ2n) is 3.77. The molecule has 2 rings (SSSR count). The molecule has 18 heavy (non-hydrogen) atoms. The highest BCUT2D eigenvalue weighted by Gasteiger charge is 2.07. The summed E-state index contributed by atoms with van der Waals surface area (Å²) in [5.74, 6) is 0.830. The summed E-state index contributed by atoms with van der Waals surface area (Å²) in [5.41, 5.74) is 0.744. The number of imidazole rings is 1. The molecule has 1 heterocycles. The van der Waals surface area contributed by atoms with Crippen molar-refractivity contribution >= 4 is 28.9 Å². The second kappa shape index (κ2) is 5.50. The summed E-state index contributed by atoms with van der Waals surface area (Å²) in [6.45, 7) is 3.49. The van der Waals surface area contributed by atoms with Crippen molar-refractivity contribution in [1.82, 2.24) is 9.55 Å². The Bertz CT molecular complexity index is 531. The zero-order chi connectivity index (χ0) is 13.1. The van der Waals surface area contributed by atoms with Crippen LogP contribution < -0.4 is 5.32 Å². The number of hydrogen-bond donors (Lipinski definition) is 2. The minimum absolute atomic E-state index is 0.0982. The number of halogens is 2. The summed E-state index contributed by atoms with van der Waals surface area (Å²) in [6.07, 6.45) is 3.69. The first-order valence-corrected chi connectivity index (χ1v) is 6.29. The maximum absolute atomic E-state index is 9.46. The maximum Gasteiger partial charge on any atom is 0.152 e. The minimum Gasteiger partial charge on any atom is -0.505 e. The monoisotopic (exact) mass is 285 g/mol. The fraction of sp³-hybridized carbons (Fsp3) is 0.250. The van der Waals surface area contributed by atoms with E-state index in [1.54, 1.807) is 18.3 Å². The lowest BCUT2D eigenvalue weighted by Gasteiger charge is -2.09. The molecular weight excluding hydrogens is 273 g/mol. The predicted octanol–water partition coefficient (Wildman–Crippen LogP) is 3.53. The van der Waals surface area contributed by atoms with E-state index in [4.69, 9.17) is 23.2 Å². The third-order valence-corrected chi connectivity index (χ3v) is 3.19. The van der Waals surface area contributed by atoms with Crippen LogP contribution in [0.2, 0.25) is 10.0 Å². The first kappa shape index (κ1) is 13.1. The van der Waals surface area contributed by atoms with E-state index in [1.807, 2.05) is 10.8 Å². The van der Waals surface area contributed by atoms with Gasteiger partial charge in [0.25, 0.3) is 0 Å². The van der Waals surface area contributed by atoms with E-state index in [9.17, 15) is 5.11 Å². The third-order valence-electron chi connectivity index (χ3n) is 2.61. The number of hydrogen-bond acceptors (Lipinski definition) is 3. The van der Waals surface area contributed by atoms with Crippen LogP contribution in [0.15, 0.2) is 24.5 Å². The summed E-state index contributed by atoms with van der Waals surface area (Å²) in [5, 5.41) is 13.1. The van der Waals surface area contributed by atoms with Gasteiger partial charge in [-0.1, -0.05) is 23.2 Å². The largest absolute Gasteiger partial charge is 0.505 e. The number of benzene rings is 1. The molecule has 0 spiro atoms. The molecule has 1 aromatic carbocycles. The number of phenolic OH excluding ortho intramolecular Hbond substituents is 1. The Morgan fingerprint density at radius 1 is 1.33 bits per heavy atom. The molecule has 0 aliphatic heterocycles. The van der Waals surface area contributed by atoms with Gasteiger partial charge in [-0.15, -0.1) is 0 Å². The van der Waals surface area contributed by atoms with Crippen LogP contribution in [-0.4, -0.2) is 14.7 Å². The molecule has 0 amide bonds. The standard InChI is InChI=1S/C12H13Cl2N3O/c1-2-17-4-3-15-11(17)7-16-8-5-9(13)12(18)10(14)6-8/h3-6,16,18H,2,7H2,1H3. The Balaban J connectivity index is 2.11. The van der Waals surface area contributed by atoms with E-state index >= 15 is 0 Å². The first-order chi connectivity index (χ1) is 8.61. The van der Waals surface area contributed by atoms with Gasteiger partial charge in [0.05, 0.1) is 16.6 Å². The van der Waals surface area contributed by atoms with Crippen molar-refractivity contribution in [1.29, 1.82) is 0 Å². The van der Waals surface area contributed by atoms with Gasteiger partial charge < -0.3 is 15.0 Å². The molecule has 0 fully saturated rings. The molecule has 4 nitrogen and oxygen atoms in total. The van der Waals surface area contributed by atoms with Crippen molar-refractivity contribution < 1.29 is 5.11 Å². The highest BCUT2D eigenvalue weighted by molar-refractivity contribution is 6.37. The molecule has 1 aromatic heterocycles. The Hall–Kier alpha value is -1.39. The Labute approximate surface area is 115 Å². The minimum atomic E-state index is -0.0982. The quantitative estimate of drug-likeness (QED) is 0.845. The average Bonchev–Trinajstić information content (AvgIpc) is 2.80. The second-order valence-corrected chi connectivity index (χ2v) is 4.59. The van der Waals surface area contributed by atoms with Crippen LogP contribution in [0.1, 0.15) is 12.7 Å². The van der Waals surface area contributed by atoms with Crippen molar-refractivity contribution in [3.05, 3.63) is 40.4 Å². The van der Waals surface area contributed by atoms with Gasteiger partial charge in [0.2, 0.25) is 0 Å². The van der Waals surface area contributed by atoms with Crippen LogP contribution in [-0.2, 0) is 13.1 Å². The number of aromatic hydroxyl groups is 1. The lowest BCUT2D eigenvalue weighted by Crippen LogP contribution is -2.07. The van der Waals surface area contributed by atoms with Crippen LogP contribution in [0.3, 0.4) is 0 Å². The fourth-order valence-electron chi connectivity index (χ4n) is 1.64. The van der Waals surface area contributed by atoms with Crippen LogP contribution >= 0.6 is 23.2 Å². The van der Waals surface area contributed by atoms with Gasteiger partial charge in [-0.05, 0) is 19.1 Å². The van der Waals surface area contributed by atoms with Gasteiger partial charge in [-0.25, -0.2) is 4.98 Å². The summed E-state index contributed by atoms with van der Waals surface area (Å²) in [4.78, 5) is 4.25. The zero-order valence-electron chi connectivity index (χ0n) is 9.82. The summed E-state index contributed by atoms with van der Waals surface area (Å²) in [7, 11) is 0. The van der Waals surface area contributed by atoms with Crippen molar-refractivity contribution in [3.8, 4) is 5.75 Å². The number of nitrogens with zero attached hydrogens (tertiary/aromatic N) is 2. The van der Waals surface area contributed by atoms with Gasteiger partial charge in [-0.3, -0.25) is 0 Å². The van der Waals surface area contributed by atoms with E-state index in [0.29, 0.717) is 6.54 Å².